The minimum atomic E-state index is -3.96. The molecule has 7 aliphatic rings. The summed E-state index contributed by atoms with van der Waals surface area (Å²) in [6.07, 6.45) is 0. The van der Waals surface area contributed by atoms with Gasteiger partial charge in [-0.2, -0.15) is 0 Å². The number of aryl methyl sites for hydroxylation is 8. The Morgan fingerprint density at radius 3 is 0.606 bits per heavy atom. The number of hydrogen-bond acceptors (Lipinski definition) is 4. The van der Waals surface area contributed by atoms with E-state index in [1.165, 1.54) is 0 Å². The van der Waals surface area contributed by atoms with E-state index in [2.05, 4.69) is 128 Å². The van der Waals surface area contributed by atoms with E-state index in [1.54, 1.807) is 48.5 Å². The maximum atomic E-state index is 14.7. The predicted octanol–water partition coefficient (Wildman–Crippen LogP) is 14.1. The second-order valence-electron chi connectivity index (χ2n) is 17.9. The minimum Gasteiger partial charge on any atom is -0.219 e. The molecule has 0 radical (unpaired) electrons. The lowest BCUT2D eigenvalue weighted by molar-refractivity contribution is 0.594. The summed E-state index contributed by atoms with van der Waals surface area (Å²) in [5.74, 6) is 0. The van der Waals surface area contributed by atoms with Gasteiger partial charge in [-0.3, -0.25) is 0 Å². The summed E-state index contributed by atoms with van der Waals surface area (Å²) in [7, 11) is -7.91. The summed E-state index contributed by atoms with van der Waals surface area (Å²) < 4.78 is 58.7. The molecule has 0 aromatic heterocycles. The van der Waals surface area contributed by atoms with Crippen LogP contribution in [0, 0.1) is 55.4 Å². The standard InChI is InChI=1S/C60H52O4S2/c1-37-9-13-41(5)53(33-37)57-45-17-25-49(26-18-45)65(61,62)51-29-21-47(22-30-51)59(55-35-39(3)11-15-43(55)7)60(56-36-40(4)12-16-44(56)8)48-23-31-52(32-24-48)66(63,64)50-27-19-46(20-28-50)58(57)54-34-38(2)10-14-42(54)6/h9-36H,1-8H3/b58-57-,60-59-. The van der Waals surface area contributed by atoms with Gasteiger partial charge < -0.3 is 0 Å². The van der Waals surface area contributed by atoms with Gasteiger partial charge >= 0.3 is 0 Å². The van der Waals surface area contributed by atoms with Crippen LogP contribution in [0.3, 0.4) is 0 Å². The summed E-state index contributed by atoms with van der Waals surface area (Å²) in [6.45, 7) is 16.6. The van der Waals surface area contributed by atoms with E-state index in [9.17, 15) is 16.8 Å². The second-order valence-corrected chi connectivity index (χ2v) is 21.8. The molecule has 0 aliphatic carbocycles. The fourth-order valence-electron chi connectivity index (χ4n) is 9.23. The quantitative estimate of drug-likeness (QED) is 0.176. The van der Waals surface area contributed by atoms with Crippen LogP contribution in [-0.4, -0.2) is 16.8 Å². The van der Waals surface area contributed by atoms with Crippen molar-refractivity contribution >= 4 is 42.0 Å². The molecule has 4 nitrogen and oxygen atoms in total. The first-order chi connectivity index (χ1) is 31.5. The van der Waals surface area contributed by atoms with Crippen molar-refractivity contribution in [2.75, 3.05) is 0 Å². The van der Waals surface area contributed by atoms with Crippen molar-refractivity contribution in [2.24, 2.45) is 0 Å². The summed E-state index contributed by atoms with van der Waals surface area (Å²) in [4.78, 5) is 0.744. The molecule has 8 aromatic rings. The number of rotatable bonds is 4. The highest BCUT2D eigenvalue weighted by Gasteiger charge is 2.26. The zero-order chi connectivity index (χ0) is 46.7. The maximum absolute atomic E-state index is 14.7. The van der Waals surface area contributed by atoms with Gasteiger partial charge in [-0.25, -0.2) is 16.8 Å². The number of sulfone groups is 2. The molecule has 66 heavy (non-hydrogen) atoms. The van der Waals surface area contributed by atoms with E-state index in [1.807, 2.05) is 48.5 Å². The highest BCUT2D eigenvalue weighted by atomic mass is 32.2. The van der Waals surface area contributed by atoms with Gasteiger partial charge in [0.1, 0.15) is 0 Å². The van der Waals surface area contributed by atoms with Crippen LogP contribution in [0.1, 0.15) is 89.0 Å². The van der Waals surface area contributed by atoms with Crippen molar-refractivity contribution in [1.29, 1.82) is 0 Å². The second kappa shape index (κ2) is 17.2. The van der Waals surface area contributed by atoms with Gasteiger partial charge in [0.15, 0.2) is 0 Å². The molecule has 0 amide bonds. The van der Waals surface area contributed by atoms with Crippen LogP contribution in [0.25, 0.3) is 22.3 Å². The molecule has 0 N–H and O–H groups in total. The smallest absolute Gasteiger partial charge is 0.206 e. The van der Waals surface area contributed by atoms with Crippen molar-refractivity contribution in [3.05, 3.63) is 259 Å². The fraction of sp³-hybridized carbons (Fsp3) is 0.133. The van der Waals surface area contributed by atoms with Crippen LogP contribution < -0.4 is 0 Å². The molecular formula is C60H52O4S2. The molecule has 15 rings (SSSR count). The third kappa shape index (κ3) is 8.10. The van der Waals surface area contributed by atoms with Crippen molar-refractivity contribution < 1.29 is 16.8 Å². The molecule has 0 saturated carbocycles. The Morgan fingerprint density at radius 1 is 0.242 bits per heavy atom. The van der Waals surface area contributed by atoms with E-state index >= 15 is 0 Å². The fourth-order valence-corrected chi connectivity index (χ4v) is 11.8. The maximum Gasteiger partial charge on any atom is 0.206 e. The van der Waals surface area contributed by atoms with Gasteiger partial charge in [-0.1, -0.05) is 144 Å². The lowest BCUT2D eigenvalue weighted by Crippen LogP contribution is -2.06. The Labute approximate surface area is 390 Å². The minimum absolute atomic E-state index is 0.186. The molecule has 8 aromatic carbocycles. The van der Waals surface area contributed by atoms with Gasteiger partial charge in [0.2, 0.25) is 19.7 Å². The summed E-state index contributed by atoms with van der Waals surface area (Å²) in [6, 6.07) is 54.3. The SMILES string of the molecule is Cc1ccc(C)c(/C2=C(\c3cc(C)ccc3C)c3ccc(cc3)S(=O)(=O)c3ccc(cc3)/C(c3cc(C)ccc3C)=C(/c3cc(C)ccc3C)c3ccc(cc3)S(=O)(=O)c3ccc2cc3)c1. The molecule has 6 heteroatoms. The zero-order valence-electron chi connectivity index (χ0n) is 38.6. The third-order valence-electron chi connectivity index (χ3n) is 13.0. The molecule has 0 spiro atoms. The molecule has 0 fully saturated rings. The van der Waals surface area contributed by atoms with Crippen molar-refractivity contribution in [3.8, 4) is 0 Å². The van der Waals surface area contributed by atoms with E-state index in [0.717, 1.165) is 111 Å². The molecule has 328 valence electrons. The van der Waals surface area contributed by atoms with Crippen LogP contribution in [0.15, 0.2) is 189 Å². The average molecular weight is 901 g/mol. The Morgan fingerprint density at radius 2 is 0.424 bits per heavy atom. The molecule has 0 unspecified atom stereocenters. The normalized spacial score (nSPS) is 16.6. The first-order valence-electron chi connectivity index (χ1n) is 22.2. The number of benzene rings is 8. The summed E-state index contributed by atoms with van der Waals surface area (Å²) >= 11 is 0. The summed E-state index contributed by atoms with van der Waals surface area (Å²) in [5, 5.41) is 0. The molecule has 8 bridgehead atoms. The monoisotopic (exact) mass is 900 g/mol. The van der Waals surface area contributed by atoms with Crippen molar-refractivity contribution in [1.82, 2.24) is 0 Å². The van der Waals surface area contributed by atoms with Gasteiger partial charge in [0.25, 0.3) is 0 Å². The van der Waals surface area contributed by atoms with Crippen molar-refractivity contribution in [2.45, 2.75) is 75.0 Å². The molecular weight excluding hydrogens is 849 g/mol. The third-order valence-corrected chi connectivity index (χ3v) is 16.5. The first-order valence-corrected chi connectivity index (χ1v) is 25.2. The van der Waals surface area contributed by atoms with Crippen molar-refractivity contribution in [3.63, 3.8) is 0 Å². The van der Waals surface area contributed by atoms with Gasteiger partial charge in [0.05, 0.1) is 19.6 Å². The van der Waals surface area contributed by atoms with Gasteiger partial charge in [0, 0.05) is 0 Å². The van der Waals surface area contributed by atoms with Crippen LogP contribution >= 0.6 is 0 Å². The Bertz CT molecular complexity index is 3060. The van der Waals surface area contributed by atoms with Crippen LogP contribution in [-0.2, 0) is 19.7 Å². The highest BCUT2D eigenvalue weighted by Crippen LogP contribution is 2.43. The Kier molecular flexibility index (Phi) is 11.5. The van der Waals surface area contributed by atoms with E-state index < -0.39 is 19.7 Å². The van der Waals surface area contributed by atoms with E-state index in [-0.39, 0.29) is 19.6 Å². The first kappa shape index (κ1) is 44.3. The molecule has 7 aliphatic heterocycles. The highest BCUT2D eigenvalue weighted by molar-refractivity contribution is 7.91. The van der Waals surface area contributed by atoms with E-state index in [0.29, 0.717) is 0 Å². The van der Waals surface area contributed by atoms with Crippen LogP contribution in [0.2, 0.25) is 0 Å². The largest absolute Gasteiger partial charge is 0.219 e. The molecule has 0 atom stereocenters. The molecule has 0 saturated heterocycles. The van der Waals surface area contributed by atoms with Gasteiger partial charge in [-0.15, -0.1) is 0 Å². The van der Waals surface area contributed by atoms with E-state index in [4.69, 9.17) is 0 Å². The summed E-state index contributed by atoms with van der Waals surface area (Å²) in [5.41, 5.74) is 19.5. The lowest BCUT2D eigenvalue weighted by Gasteiger charge is -2.22. The predicted molar refractivity (Wildman–Crippen MR) is 270 cm³/mol. The van der Waals surface area contributed by atoms with Gasteiger partial charge in [-0.05, 0) is 193 Å². The number of hydrogen-bond donors (Lipinski definition) is 0. The topological polar surface area (TPSA) is 68.3 Å². The van der Waals surface area contributed by atoms with Crippen LogP contribution in [0.5, 0.6) is 0 Å². The molecule has 7 heterocycles. The Hall–Kier alpha value is -6.86. The zero-order valence-corrected chi connectivity index (χ0v) is 40.2. The van der Waals surface area contributed by atoms with Crippen LogP contribution in [0.4, 0.5) is 0 Å². The lowest BCUT2D eigenvalue weighted by atomic mass is 9.82. The average Bonchev–Trinajstić information content (AvgIpc) is 3.31. The Balaban J connectivity index is 1.37.